The van der Waals surface area contributed by atoms with Gasteiger partial charge in [0.25, 0.3) is 5.91 Å². The second kappa shape index (κ2) is 5.95. The van der Waals surface area contributed by atoms with Crippen LogP contribution in [0.4, 0.5) is 0 Å². The van der Waals surface area contributed by atoms with Gasteiger partial charge in [-0.05, 0) is 37.1 Å². The first-order valence-corrected chi connectivity index (χ1v) is 7.07. The predicted octanol–water partition coefficient (Wildman–Crippen LogP) is 1.76. The minimum absolute atomic E-state index is 0.0736. The van der Waals surface area contributed by atoms with E-state index < -0.39 is 0 Å². The lowest BCUT2D eigenvalue weighted by molar-refractivity contribution is 0.0684. The van der Waals surface area contributed by atoms with Gasteiger partial charge in [-0.15, -0.1) is 0 Å². The molecule has 21 heavy (non-hydrogen) atoms. The molecular weight excluding hydrogens is 268 g/mol. The summed E-state index contributed by atoms with van der Waals surface area (Å²) in [6.07, 6.45) is 5.15. The molecule has 1 fully saturated rings. The minimum atomic E-state index is 0.0736. The van der Waals surface area contributed by atoms with Gasteiger partial charge < -0.3 is 9.64 Å². The molecule has 1 aromatic heterocycles. The fraction of sp³-hybridized carbons (Fsp3) is 0.400. The molecule has 3 rings (SSSR count). The van der Waals surface area contributed by atoms with E-state index in [9.17, 15) is 4.79 Å². The molecule has 0 bridgehead atoms. The second-order valence-electron chi connectivity index (χ2n) is 5.10. The summed E-state index contributed by atoms with van der Waals surface area (Å²) in [6.45, 7) is 1.47. The van der Waals surface area contributed by atoms with Crippen molar-refractivity contribution in [2.75, 3.05) is 20.2 Å². The van der Waals surface area contributed by atoms with Gasteiger partial charge in [0.2, 0.25) is 0 Å². The van der Waals surface area contributed by atoms with Crippen LogP contribution in [0.25, 0.3) is 0 Å². The standard InChI is InChI=1S/C15H18N4O2/c1-21-14-4-2-12(3-5-14)15(20)18-10-6-13(7-11-18)19-16-8-9-17-19/h2-5,8-9,13H,6-7,10-11H2,1H3. The Labute approximate surface area is 123 Å². The van der Waals surface area contributed by atoms with Crippen LogP contribution in [0.1, 0.15) is 29.2 Å². The lowest BCUT2D eigenvalue weighted by atomic mass is 10.0. The van der Waals surface area contributed by atoms with Crippen molar-refractivity contribution >= 4 is 5.91 Å². The average molecular weight is 286 g/mol. The monoisotopic (exact) mass is 286 g/mol. The molecule has 1 saturated heterocycles. The van der Waals surface area contributed by atoms with Gasteiger partial charge in [-0.3, -0.25) is 4.79 Å². The number of hydrogen-bond acceptors (Lipinski definition) is 4. The highest BCUT2D eigenvalue weighted by molar-refractivity contribution is 5.94. The zero-order chi connectivity index (χ0) is 14.7. The third-order valence-electron chi connectivity index (χ3n) is 3.85. The van der Waals surface area contributed by atoms with Crippen LogP contribution < -0.4 is 4.74 Å². The van der Waals surface area contributed by atoms with Gasteiger partial charge in [0, 0.05) is 18.7 Å². The van der Waals surface area contributed by atoms with Crippen LogP contribution in [-0.4, -0.2) is 46.0 Å². The highest BCUT2D eigenvalue weighted by Crippen LogP contribution is 2.22. The molecule has 0 radical (unpaired) electrons. The summed E-state index contributed by atoms with van der Waals surface area (Å²) < 4.78 is 5.11. The Kier molecular flexibility index (Phi) is 3.85. The number of carbonyl (C=O) groups excluding carboxylic acids is 1. The highest BCUT2D eigenvalue weighted by atomic mass is 16.5. The van der Waals surface area contributed by atoms with Crippen molar-refractivity contribution in [3.05, 3.63) is 42.2 Å². The number of hydrogen-bond donors (Lipinski definition) is 0. The summed E-state index contributed by atoms with van der Waals surface area (Å²) in [4.78, 5) is 16.1. The Morgan fingerprint density at radius 2 is 1.76 bits per heavy atom. The quantitative estimate of drug-likeness (QED) is 0.862. The first kappa shape index (κ1) is 13.6. The average Bonchev–Trinajstić information content (AvgIpc) is 3.09. The number of ether oxygens (including phenoxy) is 1. The lowest BCUT2D eigenvalue weighted by Gasteiger charge is -2.31. The first-order valence-electron chi connectivity index (χ1n) is 7.07. The van der Waals surface area contributed by atoms with Gasteiger partial charge in [-0.2, -0.15) is 15.0 Å². The molecule has 2 aromatic rings. The minimum Gasteiger partial charge on any atom is -0.497 e. The number of methoxy groups -OCH3 is 1. The molecule has 0 unspecified atom stereocenters. The lowest BCUT2D eigenvalue weighted by Crippen LogP contribution is -2.39. The molecule has 0 aliphatic carbocycles. The number of piperidine rings is 1. The maximum Gasteiger partial charge on any atom is 0.253 e. The van der Waals surface area contributed by atoms with Crippen molar-refractivity contribution in [3.63, 3.8) is 0 Å². The van der Waals surface area contributed by atoms with E-state index in [1.54, 1.807) is 24.3 Å². The van der Waals surface area contributed by atoms with Crippen LogP contribution in [0.2, 0.25) is 0 Å². The summed E-state index contributed by atoms with van der Waals surface area (Å²) in [6, 6.07) is 7.53. The van der Waals surface area contributed by atoms with Crippen LogP contribution in [0.3, 0.4) is 0 Å². The van der Waals surface area contributed by atoms with E-state index in [4.69, 9.17) is 4.74 Å². The van der Waals surface area contributed by atoms with E-state index in [0.717, 1.165) is 31.7 Å². The van der Waals surface area contributed by atoms with Gasteiger partial charge in [0.1, 0.15) is 5.75 Å². The number of amides is 1. The van der Waals surface area contributed by atoms with Crippen LogP contribution in [-0.2, 0) is 0 Å². The zero-order valence-corrected chi connectivity index (χ0v) is 12.0. The Bertz CT molecular complexity index is 587. The van der Waals surface area contributed by atoms with Crippen molar-refractivity contribution in [1.82, 2.24) is 19.9 Å². The summed E-state index contributed by atoms with van der Waals surface area (Å²) in [5.41, 5.74) is 0.700. The summed E-state index contributed by atoms with van der Waals surface area (Å²) >= 11 is 0. The first-order chi connectivity index (χ1) is 10.3. The third-order valence-corrected chi connectivity index (χ3v) is 3.85. The number of rotatable bonds is 3. The van der Waals surface area contributed by atoms with E-state index in [0.29, 0.717) is 11.6 Å². The van der Waals surface area contributed by atoms with Gasteiger partial charge >= 0.3 is 0 Å². The van der Waals surface area contributed by atoms with Crippen LogP contribution >= 0.6 is 0 Å². The molecule has 2 heterocycles. The summed E-state index contributed by atoms with van der Waals surface area (Å²) in [7, 11) is 1.62. The number of likely N-dealkylation sites (tertiary alicyclic amines) is 1. The Balaban J connectivity index is 1.62. The van der Waals surface area contributed by atoms with E-state index in [-0.39, 0.29) is 5.91 Å². The molecule has 6 nitrogen and oxygen atoms in total. The predicted molar refractivity (Wildman–Crippen MR) is 77.2 cm³/mol. The van der Waals surface area contributed by atoms with Crippen molar-refractivity contribution in [1.29, 1.82) is 0 Å². The van der Waals surface area contributed by atoms with Gasteiger partial charge in [0.05, 0.1) is 25.5 Å². The maximum absolute atomic E-state index is 12.4. The zero-order valence-electron chi connectivity index (χ0n) is 12.0. The molecule has 1 aliphatic heterocycles. The summed E-state index contributed by atoms with van der Waals surface area (Å²) in [5, 5.41) is 8.35. The molecule has 0 atom stereocenters. The third kappa shape index (κ3) is 2.89. The smallest absolute Gasteiger partial charge is 0.253 e. The van der Waals surface area contributed by atoms with Crippen molar-refractivity contribution in [3.8, 4) is 5.75 Å². The normalized spacial score (nSPS) is 16.0. The molecule has 1 aromatic carbocycles. The van der Waals surface area contributed by atoms with Crippen molar-refractivity contribution in [2.24, 2.45) is 0 Å². The fourth-order valence-corrected chi connectivity index (χ4v) is 2.63. The van der Waals surface area contributed by atoms with Gasteiger partial charge in [0.15, 0.2) is 0 Å². The molecule has 0 spiro atoms. The van der Waals surface area contributed by atoms with E-state index in [1.165, 1.54) is 0 Å². The molecule has 0 saturated carbocycles. The summed E-state index contributed by atoms with van der Waals surface area (Å²) in [5.74, 6) is 0.833. The largest absolute Gasteiger partial charge is 0.497 e. The second-order valence-corrected chi connectivity index (χ2v) is 5.10. The molecule has 6 heteroatoms. The Hall–Kier alpha value is -2.37. The van der Waals surface area contributed by atoms with E-state index in [2.05, 4.69) is 10.2 Å². The van der Waals surface area contributed by atoms with Gasteiger partial charge in [-0.25, -0.2) is 0 Å². The van der Waals surface area contributed by atoms with Gasteiger partial charge in [-0.1, -0.05) is 0 Å². The fourth-order valence-electron chi connectivity index (χ4n) is 2.63. The SMILES string of the molecule is COc1ccc(C(=O)N2CCC(n3nccn3)CC2)cc1. The van der Waals surface area contributed by atoms with Crippen LogP contribution in [0.5, 0.6) is 5.75 Å². The molecule has 110 valence electrons. The van der Waals surface area contributed by atoms with Crippen LogP contribution in [0, 0.1) is 0 Å². The maximum atomic E-state index is 12.4. The van der Waals surface area contributed by atoms with Crippen molar-refractivity contribution < 1.29 is 9.53 Å². The number of benzene rings is 1. The Morgan fingerprint density at radius 3 is 2.33 bits per heavy atom. The van der Waals surface area contributed by atoms with Crippen LogP contribution in [0.15, 0.2) is 36.7 Å². The molecule has 0 N–H and O–H groups in total. The van der Waals surface area contributed by atoms with E-state index >= 15 is 0 Å². The number of nitrogens with zero attached hydrogens (tertiary/aromatic N) is 4. The highest BCUT2D eigenvalue weighted by Gasteiger charge is 2.25. The number of carbonyl (C=O) groups is 1. The Morgan fingerprint density at radius 1 is 1.14 bits per heavy atom. The molecule has 1 amide bonds. The van der Waals surface area contributed by atoms with Crippen molar-refractivity contribution in [2.45, 2.75) is 18.9 Å². The molecular formula is C15H18N4O2. The molecule has 1 aliphatic rings. The van der Waals surface area contributed by atoms with E-state index in [1.807, 2.05) is 29.2 Å². The topological polar surface area (TPSA) is 60.2 Å². The number of aromatic nitrogens is 3.